The number of hydrogen-bond acceptors (Lipinski definition) is 3. The van der Waals surface area contributed by atoms with Crippen molar-refractivity contribution in [1.82, 2.24) is 9.97 Å². The van der Waals surface area contributed by atoms with Crippen molar-refractivity contribution >= 4 is 11.0 Å². The molecule has 1 aromatic heterocycles. The van der Waals surface area contributed by atoms with Gasteiger partial charge in [-0.25, -0.2) is 4.98 Å². The molecule has 0 atom stereocenters. The van der Waals surface area contributed by atoms with Gasteiger partial charge in [0.25, 0.3) is 0 Å². The summed E-state index contributed by atoms with van der Waals surface area (Å²) in [5.74, 6) is 1.67. The van der Waals surface area contributed by atoms with Gasteiger partial charge in [0.1, 0.15) is 29.4 Å². The third-order valence-electron chi connectivity index (χ3n) is 2.94. The van der Waals surface area contributed by atoms with Gasteiger partial charge in [-0.1, -0.05) is 23.8 Å². The van der Waals surface area contributed by atoms with Gasteiger partial charge >= 0.3 is 0 Å². The van der Waals surface area contributed by atoms with Crippen LogP contribution in [-0.4, -0.2) is 15.1 Å². The van der Waals surface area contributed by atoms with Gasteiger partial charge < -0.3 is 14.8 Å². The molecule has 0 amide bonds. The number of phenolic OH excluding ortho intramolecular Hbond substituents is 1. The van der Waals surface area contributed by atoms with Crippen LogP contribution in [0.5, 0.6) is 11.5 Å². The first-order valence-electron chi connectivity index (χ1n) is 6.08. The Balaban J connectivity index is 1.78. The summed E-state index contributed by atoms with van der Waals surface area (Å²) in [7, 11) is 0. The monoisotopic (exact) mass is 254 g/mol. The highest BCUT2D eigenvalue weighted by Crippen LogP contribution is 2.22. The molecule has 0 saturated heterocycles. The Kier molecular flexibility index (Phi) is 2.83. The third-order valence-corrected chi connectivity index (χ3v) is 2.94. The van der Waals surface area contributed by atoms with Crippen molar-refractivity contribution in [3.63, 3.8) is 0 Å². The number of aromatic nitrogens is 2. The van der Waals surface area contributed by atoms with Crippen molar-refractivity contribution in [1.29, 1.82) is 0 Å². The molecule has 0 aliphatic heterocycles. The number of aromatic amines is 1. The van der Waals surface area contributed by atoms with Gasteiger partial charge in [0.05, 0.1) is 5.52 Å². The standard InChI is InChI=1S/C15H14N2O2/c1-10-5-7-11(8-6-10)19-9-14-16-12-3-2-4-13(18)15(12)17-14/h2-8,18H,9H2,1H3,(H,16,17). The average molecular weight is 254 g/mol. The number of nitrogens with zero attached hydrogens (tertiary/aromatic N) is 1. The van der Waals surface area contributed by atoms with E-state index < -0.39 is 0 Å². The molecular weight excluding hydrogens is 240 g/mol. The minimum Gasteiger partial charge on any atom is -0.506 e. The lowest BCUT2D eigenvalue weighted by Gasteiger charge is -2.03. The molecule has 0 bridgehead atoms. The zero-order valence-corrected chi connectivity index (χ0v) is 10.6. The highest BCUT2D eigenvalue weighted by molar-refractivity contribution is 5.81. The molecule has 0 saturated carbocycles. The Morgan fingerprint density at radius 3 is 2.68 bits per heavy atom. The van der Waals surface area contributed by atoms with E-state index in [1.807, 2.05) is 37.3 Å². The van der Waals surface area contributed by atoms with Crippen molar-refractivity contribution in [2.24, 2.45) is 0 Å². The first-order valence-corrected chi connectivity index (χ1v) is 6.08. The quantitative estimate of drug-likeness (QED) is 0.754. The molecule has 0 aliphatic rings. The highest BCUT2D eigenvalue weighted by atomic mass is 16.5. The summed E-state index contributed by atoms with van der Waals surface area (Å²) in [5, 5.41) is 9.68. The van der Waals surface area contributed by atoms with Crippen molar-refractivity contribution in [3.05, 3.63) is 53.9 Å². The fourth-order valence-electron chi connectivity index (χ4n) is 1.92. The van der Waals surface area contributed by atoms with Crippen LogP contribution in [0, 0.1) is 6.92 Å². The Labute approximate surface area is 110 Å². The van der Waals surface area contributed by atoms with E-state index in [4.69, 9.17) is 4.74 Å². The van der Waals surface area contributed by atoms with Crippen molar-refractivity contribution in [3.8, 4) is 11.5 Å². The number of ether oxygens (including phenoxy) is 1. The maximum absolute atomic E-state index is 9.68. The topological polar surface area (TPSA) is 58.1 Å². The van der Waals surface area contributed by atoms with Gasteiger partial charge in [-0.2, -0.15) is 0 Å². The lowest BCUT2D eigenvalue weighted by atomic mass is 10.2. The Bertz CT molecular complexity index is 702. The molecule has 3 aromatic rings. The molecular formula is C15H14N2O2. The average Bonchev–Trinajstić information content (AvgIpc) is 2.83. The second-order valence-electron chi connectivity index (χ2n) is 4.46. The second kappa shape index (κ2) is 4.65. The molecule has 4 heteroatoms. The number of H-pyrrole nitrogens is 1. The van der Waals surface area contributed by atoms with Gasteiger partial charge in [0, 0.05) is 0 Å². The predicted molar refractivity (Wildman–Crippen MR) is 73.3 cm³/mol. The van der Waals surface area contributed by atoms with Gasteiger partial charge in [-0.15, -0.1) is 0 Å². The van der Waals surface area contributed by atoms with Gasteiger partial charge in [0.2, 0.25) is 0 Å². The first-order chi connectivity index (χ1) is 9.22. The smallest absolute Gasteiger partial charge is 0.146 e. The predicted octanol–water partition coefficient (Wildman–Crippen LogP) is 3.16. The van der Waals surface area contributed by atoms with Crippen LogP contribution < -0.4 is 4.74 Å². The molecule has 0 spiro atoms. The van der Waals surface area contributed by atoms with E-state index in [2.05, 4.69) is 9.97 Å². The van der Waals surface area contributed by atoms with Crippen molar-refractivity contribution < 1.29 is 9.84 Å². The number of hydrogen-bond donors (Lipinski definition) is 2. The van der Waals surface area contributed by atoms with Gasteiger partial charge in [-0.05, 0) is 31.2 Å². The summed E-state index contributed by atoms with van der Waals surface area (Å²) in [5.41, 5.74) is 2.58. The Morgan fingerprint density at radius 2 is 1.95 bits per heavy atom. The Morgan fingerprint density at radius 1 is 1.16 bits per heavy atom. The van der Waals surface area contributed by atoms with E-state index in [0.717, 1.165) is 11.3 Å². The highest BCUT2D eigenvalue weighted by Gasteiger charge is 2.06. The van der Waals surface area contributed by atoms with Gasteiger partial charge in [-0.3, -0.25) is 0 Å². The molecule has 0 aliphatic carbocycles. The van der Waals surface area contributed by atoms with Crippen LogP contribution in [-0.2, 0) is 6.61 Å². The van der Waals surface area contributed by atoms with E-state index in [-0.39, 0.29) is 5.75 Å². The summed E-state index contributed by atoms with van der Waals surface area (Å²) >= 11 is 0. The summed E-state index contributed by atoms with van der Waals surface area (Å²) in [6.07, 6.45) is 0. The maximum atomic E-state index is 9.68. The van der Waals surface area contributed by atoms with Crippen molar-refractivity contribution in [2.75, 3.05) is 0 Å². The molecule has 1 heterocycles. The van der Waals surface area contributed by atoms with Crippen molar-refractivity contribution in [2.45, 2.75) is 13.5 Å². The molecule has 2 N–H and O–H groups in total. The van der Waals surface area contributed by atoms with Crippen LogP contribution in [0.2, 0.25) is 0 Å². The van der Waals surface area contributed by atoms with Crippen LogP contribution in [0.15, 0.2) is 42.5 Å². The van der Waals surface area contributed by atoms with E-state index in [1.54, 1.807) is 12.1 Å². The number of imidazole rings is 1. The van der Waals surface area contributed by atoms with Crippen LogP contribution in [0.25, 0.3) is 11.0 Å². The molecule has 4 nitrogen and oxygen atoms in total. The number of benzene rings is 2. The minimum atomic E-state index is 0.176. The summed E-state index contributed by atoms with van der Waals surface area (Å²) < 4.78 is 5.64. The largest absolute Gasteiger partial charge is 0.506 e. The summed E-state index contributed by atoms with van der Waals surface area (Å²) in [4.78, 5) is 7.44. The Hall–Kier alpha value is -2.49. The van der Waals surface area contributed by atoms with Crippen LogP contribution in [0.1, 0.15) is 11.4 Å². The van der Waals surface area contributed by atoms with E-state index in [0.29, 0.717) is 17.9 Å². The first kappa shape index (κ1) is 11.6. The molecule has 3 rings (SSSR count). The lowest BCUT2D eigenvalue weighted by Crippen LogP contribution is -1.97. The molecule has 0 unspecified atom stereocenters. The number of aryl methyl sites for hydroxylation is 1. The van der Waals surface area contributed by atoms with Crippen LogP contribution in [0.3, 0.4) is 0 Å². The second-order valence-corrected chi connectivity index (χ2v) is 4.46. The molecule has 0 radical (unpaired) electrons. The summed E-state index contributed by atoms with van der Waals surface area (Å²) in [6.45, 7) is 2.38. The van der Waals surface area contributed by atoms with E-state index in [1.165, 1.54) is 5.56 Å². The van der Waals surface area contributed by atoms with E-state index in [9.17, 15) is 5.11 Å². The number of para-hydroxylation sites is 1. The zero-order chi connectivity index (χ0) is 13.2. The fourth-order valence-corrected chi connectivity index (χ4v) is 1.92. The van der Waals surface area contributed by atoms with Crippen LogP contribution in [0.4, 0.5) is 0 Å². The van der Waals surface area contributed by atoms with E-state index >= 15 is 0 Å². The number of nitrogens with one attached hydrogen (secondary N) is 1. The number of rotatable bonds is 3. The van der Waals surface area contributed by atoms with Gasteiger partial charge in [0.15, 0.2) is 0 Å². The fraction of sp³-hybridized carbons (Fsp3) is 0.133. The SMILES string of the molecule is Cc1ccc(OCc2nc3c(O)cccc3[nH]2)cc1. The number of aromatic hydroxyl groups is 1. The molecule has 96 valence electrons. The summed E-state index contributed by atoms with van der Waals surface area (Å²) in [6, 6.07) is 13.1. The lowest BCUT2D eigenvalue weighted by molar-refractivity contribution is 0.297. The van der Waals surface area contributed by atoms with Crippen LogP contribution >= 0.6 is 0 Å². The minimum absolute atomic E-state index is 0.176. The normalized spacial score (nSPS) is 10.8. The molecule has 19 heavy (non-hydrogen) atoms. The maximum Gasteiger partial charge on any atom is 0.146 e. The third kappa shape index (κ3) is 2.38. The zero-order valence-electron chi connectivity index (χ0n) is 10.6. The number of fused-ring (bicyclic) bond motifs is 1. The molecule has 0 fully saturated rings. The molecule has 2 aromatic carbocycles. The number of phenols is 1.